The van der Waals surface area contributed by atoms with Gasteiger partial charge in [0.15, 0.2) is 5.75 Å². The fourth-order valence-corrected chi connectivity index (χ4v) is 2.10. The lowest BCUT2D eigenvalue weighted by molar-refractivity contribution is -0.386. The topological polar surface area (TPSA) is 88.2 Å². The molecule has 1 fully saturated rings. The summed E-state index contributed by atoms with van der Waals surface area (Å²) in [6.07, 6.45) is 1.81. The van der Waals surface area contributed by atoms with E-state index in [9.17, 15) is 19.8 Å². The largest absolute Gasteiger partial charge is 0.484 e. The van der Waals surface area contributed by atoms with Gasteiger partial charge in [0.2, 0.25) is 0 Å². The molecule has 0 saturated heterocycles. The van der Waals surface area contributed by atoms with E-state index in [-0.39, 0.29) is 24.0 Å². The number of halogens is 1. The Morgan fingerprint density at radius 3 is 2.85 bits per heavy atom. The molecule has 6 nitrogen and oxygen atoms in total. The monoisotopic (exact) mass is 279 g/mol. The Kier molecular flexibility index (Phi) is 3.86. The Bertz CT molecular complexity index is 568. The summed E-state index contributed by atoms with van der Waals surface area (Å²) in [5, 5.41) is 23.1. The summed E-state index contributed by atoms with van der Waals surface area (Å²) in [5.74, 6) is -0.625. The van der Waals surface area contributed by atoms with Crippen LogP contribution in [0.4, 0.5) is 10.1 Å². The molecule has 0 heterocycles. The zero-order chi connectivity index (χ0) is 14.8. The van der Waals surface area contributed by atoms with E-state index in [0.29, 0.717) is 0 Å². The number of hydrogen-bond donors (Lipinski definition) is 1. The smallest absolute Gasteiger partial charge is 0.311 e. The lowest BCUT2D eigenvalue weighted by atomic mass is 9.96. The van der Waals surface area contributed by atoms with Crippen molar-refractivity contribution >= 4 is 5.69 Å². The summed E-state index contributed by atoms with van der Waals surface area (Å²) in [6.45, 7) is -0.0606. The van der Waals surface area contributed by atoms with Crippen molar-refractivity contribution in [3.63, 3.8) is 0 Å². The van der Waals surface area contributed by atoms with Gasteiger partial charge in [-0.2, -0.15) is 5.26 Å². The molecular formula is C13H14FN3O3. The molecule has 0 spiro atoms. The van der Waals surface area contributed by atoms with Crippen LogP contribution < -0.4 is 10.1 Å². The van der Waals surface area contributed by atoms with Crippen LogP contribution in [0.15, 0.2) is 18.2 Å². The molecule has 0 bridgehead atoms. The van der Waals surface area contributed by atoms with Gasteiger partial charge in [0, 0.05) is 12.1 Å². The highest BCUT2D eigenvalue weighted by Gasteiger charge is 2.45. The molecule has 106 valence electrons. The Morgan fingerprint density at radius 1 is 1.65 bits per heavy atom. The second kappa shape index (κ2) is 5.43. The Hall–Kier alpha value is -2.20. The third-order valence-corrected chi connectivity index (χ3v) is 3.49. The van der Waals surface area contributed by atoms with Crippen LogP contribution in [-0.4, -0.2) is 24.1 Å². The van der Waals surface area contributed by atoms with E-state index < -0.39 is 16.3 Å². The zero-order valence-corrected chi connectivity index (χ0v) is 10.9. The van der Waals surface area contributed by atoms with Gasteiger partial charge >= 0.3 is 5.69 Å². The standard InChI is InChI=1S/C13H14FN3O3/c1-16-13(7-15,9-2-3-9)8-20-12-6-10(14)4-5-11(12)17(18)19/h4-6,9,16H,2-3,8H2,1H3. The molecule has 0 aliphatic heterocycles. The van der Waals surface area contributed by atoms with E-state index in [4.69, 9.17) is 4.74 Å². The molecule has 1 atom stereocenters. The maximum atomic E-state index is 13.2. The maximum Gasteiger partial charge on any atom is 0.311 e. The molecule has 1 aliphatic carbocycles. The van der Waals surface area contributed by atoms with Crippen LogP contribution in [0.3, 0.4) is 0 Å². The third-order valence-electron chi connectivity index (χ3n) is 3.49. The molecule has 0 radical (unpaired) electrons. The molecule has 20 heavy (non-hydrogen) atoms. The predicted octanol–water partition coefficient (Wildman–Crippen LogP) is 2.00. The molecule has 1 aromatic carbocycles. The van der Waals surface area contributed by atoms with Crippen LogP contribution in [0.5, 0.6) is 5.75 Å². The van der Waals surface area contributed by atoms with Gasteiger partial charge in [-0.15, -0.1) is 0 Å². The number of hydrogen-bond acceptors (Lipinski definition) is 5. The molecule has 0 aromatic heterocycles. The van der Waals surface area contributed by atoms with E-state index in [2.05, 4.69) is 11.4 Å². The summed E-state index contributed by atoms with van der Waals surface area (Å²) in [7, 11) is 1.64. The number of benzene rings is 1. The molecule has 1 N–H and O–H groups in total. The minimum absolute atomic E-state index is 0.0606. The first-order valence-corrected chi connectivity index (χ1v) is 6.19. The van der Waals surface area contributed by atoms with Crippen molar-refractivity contribution in [2.45, 2.75) is 18.4 Å². The first-order valence-electron chi connectivity index (χ1n) is 6.19. The van der Waals surface area contributed by atoms with Crippen molar-refractivity contribution in [1.29, 1.82) is 5.26 Å². The summed E-state index contributed by atoms with van der Waals surface area (Å²) < 4.78 is 18.5. The summed E-state index contributed by atoms with van der Waals surface area (Å²) in [5.41, 5.74) is -1.20. The normalized spacial score (nSPS) is 17.1. The lowest BCUT2D eigenvalue weighted by Gasteiger charge is -2.25. The fourth-order valence-electron chi connectivity index (χ4n) is 2.10. The second-order valence-electron chi connectivity index (χ2n) is 4.77. The minimum Gasteiger partial charge on any atom is -0.484 e. The number of likely N-dealkylation sites (N-methyl/N-ethyl adjacent to an activating group) is 1. The van der Waals surface area contributed by atoms with Crippen LogP contribution in [0.2, 0.25) is 0 Å². The Balaban J connectivity index is 2.20. The summed E-state index contributed by atoms with van der Waals surface area (Å²) in [6, 6.07) is 5.17. The number of ether oxygens (including phenoxy) is 1. The van der Waals surface area contributed by atoms with Gasteiger partial charge < -0.3 is 4.74 Å². The van der Waals surface area contributed by atoms with E-state index in [1.165, 1.54) is 0 Å². The zero-order valence-electron chi connectivity index (χ0n) is 10.9. The van der Waals surface area contributed by atoms with E-state index in [0.717, 1.165) is 31.0 Å². The molecule has 1 aromatic rings. The van der Waals surface area contributed by atoms with Crippen molar-refractivity contribution in [3.8, 4) is 11.8 Å². The molecule has 2 rings (SSSR count). The van der Waals surface area contributed by atoms with Crippen LogP contribution in [0, 0.1) is 33.2 Å². The van der Waals surface area contributed by atoms with Crippen LogP contribution in [-0.2, 0) is 0 Å². The maximum absolute atomic E-state index is 13.2. The minimum atomic E-state index is -0.889. The molecular weight excluding hydrogens is 265 g/mol. The van der Waals surface area contributed by atoms with Crippen LogP contribution >= 0.6 is 0 Å². The SMILES string of the molecule is CNC(C#N)(COc1cc(F)ccc1[N+](=O)[O-])C1CC1. The first kappa shape index (κ1) is 14.2. The number of nitrogens with one attached hydrogen (secondary N) is 1. The number of nitro benzene ring substituents is 1. The van der Waals surface area contributed by atoms with E-state index >= 15 is 0 Å². The quantitative estimate of drug-likeness (QED) is 0.635. The first-order chi connectivity index (χ1) is 9.52. The highest BCUT2D eigenvalue weighted by atomic mass is 19.1. The fraction of sp³-hybridized carbons (Fsp3) is 0.462. The van der Waals surface area contributed by atoms with Gasteiger partial charge in [-0.05, 0) is 31.9 Å². The van der Waals surface area contributed by atoms with Crippen molar-refractivity contribution in [2.24, 2.45) is 5.92 Å². The number of nitro groups is 1. The van der Waals surface area contributed by atoms with E-state index in [1.807, 2.05) is 0 Å². The van der Waals surface area contributed by atoms with Crippen LogP contribution in [0.1, 0.15) is 12.8 Å². The van der Waals surface area contributed by atoms with Gasteiger partial charge in [0.1, 0.15) is 18.0 Å². The predicted molar refractivity (Wildman–Crippen MR) is 68.7 cm³/mol. The third kappa shape index (κ3) is 2.70. The van der Waals surface area contributed by atoms with Crippen molar-refractivity contribution in [1.82, 2.24) is 5.32 Å². The summed E-state index contributed by atoms with van der Waals surface area (Å²) >= 11 is 0. The van der Waals surface area contributed by atoms with Gasteiger partial charge in [-0.3, -0.25) is 15.4 Å². The number of nitriles is 1. The highest BCUT2D eigenvalue weighted by molar-refractivity contribution is 5.46. The Morgan fingerprint density at radius 2 is 2.35 bits per heavy atom. The molecule has 7 heteroatoms. The Labute approximate surface area is 115 Å². The van der Waals surface area contributed by atoms with Crippen molar-refractivity contribution < 1.29 is 14.1 Å². The number of rotatable bonds is 6. The molecule has 0 amide bonds. The average Bonchev–Trinajstić information content (AvgIpc) is 3.25. The van der Waals surface area contributed by atoms with Crippen LogP contribution in [0.25, 0.3) is 0 Å². The van der Waals surface area contributed by atoms with E-state index in [1.54, 1.807) is 7.05 Å². The van der Waals surface area contributed by atoms with Gasteiger partial charge in [-0.1, -0.05) is 0 Å². The summed E-state index contributed by atoms with van der Waals surface area (Å²) in [4.78, 5) is 10.2. The molecule has 1 unspecified atom stereocenters. The highest BCUT2D eigenvalue weighted by Crippen LogP contribution is 2.40. The molecule has 1 aliphatic rings. The van der Waals surface area contributed by atoms with Gasteiger partial charge in [-0.25, -0.2) is 4.39 Å². The van der Waals surface area contributed by atoms with Crippen molar-refractivity contribution in [3.05, 3.63) is 34.1 Å². The van der Waals surface area contributed by atoms with Gasteiger partial charge in [0.25, 0.3) is 0 Å². The van der Waals surface area contributed by atoms with Gasteiger partial charge in [0.05, 0.1) is 11.0 Å². The average molecular weight is 279 g/mol. The lowest BCUT2D eigenvalue weighted by Crippen LogP contribution is -2.49. The second-order valence-corrected chi connectivity index (χ2v) is 4.77. The van der Waals surface area contributed by atoms with Crippen molar-refractivity contribution in [2.75, 3.05) is 13.7 Å². The molecule has 1 saturated carbocycles. The number of nitrogens with zero attached hydrogens (tertiary/aromatic N) is 2.